The Bertz CT molecular complexity index is 289. The van der Waals surface area contributed by atoms with E-state index in [1.807, 2.05) is 0 Å². The minimum absolute atomic E-state index is 0.547. The van der Waals surface area contributed by atoms with Crippen LogP contribution < -0.4 is 5.32 Å². The third-order valence-electron chi connectivity index (χ3n) is 5.55. The molecule has 3 atom stereocenters. The highest BCUT2D eigenvalue weighted by atomic mass is 16.5. The third-order valence-corrected chi connectivity index (χ3v) is 5.55. The van der Waals surface area contributed by atoms with Gasteiger partial charge < -0.3 is 10.1 Å². The number of fused-ring (bicyclic) bond motifs is 2. The molecule has 20 heavy (non-hydrogen) atoms. The average Bonchev–Trinajstić information content (AvgIpc) is 2.96. The van der Waals surface area contributed by atoms with Gasteiger partial charge in [-0.05, 0) is 55.3 Å². The molecule has 0 amide bonds. The van der Waals surface area contributed by atoms with E-state index in [1.165, 1.54) is 45.1 Å². The van der Waals surface area contributed by atoms with E-state index in [9.17, 15) is 0 Å². The van der Waals surface area contributed by atoms with Gasteiger partial charge in [-0.2, -0.15) is 0 Å². The monoisotopic (exact) mass is 281 g/mol. The number of ether oxygens (including phenoxy) is 1. The molecule has 0 radical (unpaired) electrons. The maximum atomic E-state index is 5.92. The molecule has 118 valence electrons. The number of hydrogen-bond acceptors (Lipinski definition) is 2. The van der Waals surface area contributed by atoms with Gasteiger partial charge in [-0.25, -0.2) is 0 Å². The molecular formula is C18H35NO. The largest absolute Gasteiger partial charge is 0.381 e. The molecule has 3 unspecified atom stereocenters. The fraction of sp³-hybridized carbons (Fsp3) is 1.00. The van der Waals surface area contributed by atoms with E-state index < -0.39 is 0 Å². The van der Waals surface area contributed by atoms with Crippen molar-refractivity contribution in [1.29, 1.82) is 0 Å². The molecule has 0 aromatic carbocycles. The van der Waals surface area contributed by atoms with Crippen LogP contribution in [0, 0.1) is 23.2 Å². The first-order chi connectivity index (χ1) is 9.52. The normalized spacial score (nSPS) is 32.7. The summed E-state index contributed by atoms with van der Waals surface area (Å²) in [7, 11) is 0. The van der Waals surface area contributed by atoms with Crippen molar-refractivity contribution in [1.82, 2.24) is 5.32 Å². The first-order valence-corrected chi connectivity index (χ1v) is 8.83. The van der Waals surface area contributed by atoms with Gasteiger partial charge in [0.05, 0.1) is 0 Å². The highest BCUT2D eigenvalue weighted by molar-refractivity contribution is 5.01. The molecule has 2 aliphatic rings. The third kappa shape index (κ3) is 4.21. The summed E-state index contributed by atoms with van der Waals surface area (Å²) in [4.78, 5) is 0. The van der Waals surface area contributed by atoms with Crippen molar-refractivity contribution in [3.05, 3.63) is 0 Å². The quantitative estimate of drug-likeness (QED) is 0.638. The lowest BCUT2D eigenvalue weighted by atomic mass is 9.71. The smallest absolute Gasteiger partial charge is 0.0471 e. The molecule has 0 spiro atoms. The van der Waals surface area contributed by atoms with Crippen molar-refractivity contribution in [2.45, 2.75) is 72.3 Å². The Morgan fingerprint density at radius 1 is 1.15 bits per heavy atom. The molecule has 2 bridgehead atoms. The molecule has 2 rings (SSSR count). The van der Waals surface area contributed by atoms with E-state index in [-0.39, 0.29) is 0 Å². The molecule has 2 nitrogen and oxygen atoms in total. The summed E-state index contributed by atoms with van der Waals surface area (Å²) in [5.41, 5.74) is 0.547. The Hall–Kier alpha value is -0.0800. The van der Waals surface area contributed by atoms with Gasteiger partial charge in [-0.3, -0.25) is 0 Å². The fourth-order valence-corrected chi connectivity index (χ4v) is 4.27. The van der Waals surface area contributed by atoms with Crippen molar-refractivity contribution in [2.24, 2.45) is 23.2 Å². The summed E-state index contributed by atoms with van der Waals surface area (Å²) >= 11 is 0. The number of rotatable bonds is 9. The van der Waals surface area contributed by atoms with Crippen LogP contribution in [0.3, 0.4) is 0 Å². The maximum Gasteiger partial charge on any atom is 0.0471 e. The molecule has 1 N–H and O–H groups in total. The van der Waals surface area contributed by atoms with Gasteiger partial charge in [0.1, 0.15) is 0 Å². The van der Waals surface area contributed by atoms with Crippen molar-refractivity contribution in [3.8, 4) is 0 Å². The van der Waals surface area contributed by atoms with Gasteiger partial charge in [0.15, 0.2) is 0 Å². The Balaban J connectivity index is 1.78. The Morgan fingerprint density at radius 3 is 2.50 bits per heavy atom. The minimum Gasteiger partial charge on any atom is -0.381 e. The van der Waals surface area contributed by atoms with Gasteiger partial charge in [0.2, 0.25) is 0 Å². The molecule has 2 saturated carbocycles. The van der Waals surface area contributed by atoms with Crippen LogP contribution in [0.15, 0.2) is 0 Å². The summed E-state index contributed by atoms with van der Waals surface area (Å²) in [6, 6.07) is 0.605. The lowest BCUT2D eigenvalue weighted by Gasteiger charge is -2.39. The van der Waals surface area contributed by atoms with Crippen LogP contribution in [-0.4, -0.2) is 25.8 Å². The van der Waals surface area contributed by atoms with Crippen LogP contribution in [0.2, 0.25) is 0 Å². The second kappa shape index (κ2) is 7.26. The van der Waals surface area contributed by atoms with Crippen molar-refractivity contribution in [3.63, 3.8) is 0 Å². The van der Waals surface area contributed by atoms with Gasteiger partial charge in [-0.15, -0.1) is 0 Å². The van der Waals surface area contributed by atoms with Gasteiger partial charge >= 0.3 is 0 Å². The highest BCUT2D eigenvalue weighted by Gasteiger charge is 2.50. The summed E-state index contributed by atoms with van der Waals surface area (Å²) in [6.45, 7) is 12.2. The van der Waals surface area contributed by atoms with E-state index in [0.717, 1.165) is 31.0 Å². The first-order valence-electron chi connectivity index (χ1n) is 8.83. The number of hydrogen-bond donors (Lipinski definition) is 1. The lowest BCUT2D eigenvalue weighted by molar-refractivity contribution is 0.0575. The Morgan fingerprint density at radius 2 is 1.95 bits per heavy atom. The van der Waals surface area contributed by atoms with E-state index in [0.29, 0.717) is 11.5 Å². The van der Waals surface area contributed by atoms with Crippen molar-refractivity contribution >= 4 is 0 Å². The molecule has 2 aliphatic carbocycles. The van der Waals surface area contributed by atoms with Gasteiger partial charge in [-0.1, -0.05) is 34.1 Å². The molecule has 0 aromatic rings. The summed E-state index contributed by atoms with van der Waals surface area (Å²) in [5.74, 6) is 2.74. The predicted octanol–water partition coefficient (Wildman–Crippen LogP) is 4.24. The van der Waals surface area contributed by atoms with Crippen LogP contribution >= 0.6 is 0 Å². The fourth-order valence-electron chi connectivity index (χ4n) is 4.27. The predicted molar refractivity (Wildman–Crippen MR) is 85.9 cm³/mol. The summed E-state index contributed by atoms with van der Waals surface area (Å²) in [6.07, 6.45) is 8.37. The highest BCUT2D eigenvalue weighted by Crippen LogP contribution is 2.57. The molecule has 0 aliphatic heterocycles. The van der Waals surface area contributed by atoms with Gasteiger partial charge in [0.25, 0.3) is 0 Å². The van der Waals surface area contributed by atoms with E-state index in [2.05, 4.69) is 33.0 Å². The number of nitrogens with one attached hydrogen (secondary N) is 1. The van der Waals surface area contributed by atoms with Crippen LogP contribution in [0.4, 0.5) is 0 Å². The molecule has 0 saturated heterocycles. The minimum atomic E-state index is 0.547. The molecular weight excluding hydrogens is 246 g/mol. The van der Waals surface area contributed by atoms with E-state index >= 15 is 0 Å². The average molecular weight is 281 g/mol. The van der Waals surface area contributed by atoms with Crippen LogP contribution in [0.25, 0.3) is 0 Å². The van der Waals surface area contributed by atoms with Gasteiger partial charge in [0, 0.05) is 25.8 Å². The van der Waals surface area contributed by atoms with Crippen molar-refractivity contribution < 1.29 is 4.74 Å². The zero-order valence-corrected chi connectivity index (χ0v) is 14.1. The second-order valence-electron chi connectivity index (χ2n) is 8.02. The maximum absolute atomic E-state index is 5.92. The zero-order valence-electron chi connectivity index (χ0n) is 14.1. The zero-order chi connectivity index (χ0) is 14.6. The second-order valence-corrected chi connectivity index (χ2v) is 8.02. The standard InChI is InChI=1S/C18H35NO/c1-14(2)7-9-20-10-8-18(13-19-15(3)4)12-16-5-6-17(18)11-16/h14-17,19H,5-13H2,1-4H3. The summed E-state index contributed by atoms with van der Waals surface area (Å²) in [5, 5.41) is 3.72. The Kier molecular flexibility index (Phi) is 5.92. The van der Waals surface area contributed by atoms with Crippen LogP contribution in [0.1, 0.15) is 66.2 Å². The molecule has 0 aromatic heterocycles. The lowest BCUT2D eigenvalue weighted by Crippen LogP contribution is -2.42. The summed E-state index contributed by atoms with van der Waals surface area (Å²) < 4.78 is 5.92. The van der Waals surface area contributed by atoms with Crippen molar-refractivity contribution in [2.75, 3.05) is 19.8 Å². The van der Waals surface area contributed by atoms with E-state index in [4.69, 9.17) is 4.74 Å². The van der Waals surface area contributed by atoms with Crippen LogP contribution in [-0.2, 0) is 4.74 Å². The van der Waals surface area contributed by atoms with E-state index in [1.54, 1.807) is 0 Å². The van der Waals surface area contributed by atoms with Crippen LogP contribution in [0.5, 0.6) is 0 Å². The molecule has 0 heterocycles. The molecule has 2 fully saturated rings. The SMILES string of the molecule is CC(C)CCOCCC1(CNC(C)C)CC2CCC1C2. The first kappa shape index (κ1) is 16.3. The Labute approximate surface area is 126 Å². The topological polar surface area (TPSA) is 21.3 Å². The molecule has 2 heteroatoms.